The summed E-state index contributed by atoms with van der Waals surface area (Å²) in [5.74, 6) is 0.613. The lowest BCUT2D eigenvalue weighted by Gasteiger charge is -2.46. The molecule has 1 unspecified atom stereocenters. The molecule has 2 rings (SSSR count). The normalized spacial score (nSPS) is 21.6. The van der Waals surface area contributed by atoms with E-state index in [0.717, 1.165) is 6.54 Å². The Morgan fingerprint density at radius 1 is 1.57 bits per heavy atom. The van der Waals surface area contributed by atoms with Crippen molar-refractivity contribution in [2.24, 2.45) is 11.7 Å². The summed E-state index contributed by atoms with van der Waals surface area (Å²) in [4.78, 5) is 1.52. The van der Waals surface area contributed by atoms with Gasteiger partial charge >= 0.3 is 0 Å². The van der Waals surface area contributed by atoms with E-state index < -0.39 is 0 Å². The second-order valence-corrected chi connectivity index (χ2v) is 6.71. The Morgan fingerprint density at radius 3 is 2.64 bits per heavy atom. The van der Waals surface area contributed by atoms with Crippen molar-refractivity contribution < 1.29 is 0 Å². The smallest absolute Gasteiger partial charge is 0.0701 e. The first-order valence-corrected chi connectivity index (χ1v) is 6.76. The highest BCUT2D eigenvalue weighted by Crippen LogP contribution is 2.51. The second-order valence-electron chi connectivity index (χ2n) is 4.25. The third-order valence-corrected chi connectivity index (χ3v) is 5.45. The molecule has 0 bridgehead atoms. The van der Waals surface area contributed by atoms with E-state index in [0.29, 0.717) is 11.3 Å². The Hall–Kier alpha value is 0.140. The summed E-state index contributed by atoms with van der Waals surface area (Å²) < 4.78 is 1.24. The van der Waals surface area contributed by atoms with E-state index in [2.05, 4.69) is 35.0 Å². The Kier molecular flexibility index (Phi) is 3.01. The van der Waals surface area contributed by atoms with E-state index in [1.54, 1.807) is 0 Å². The van der Waals surface area contributed by atoms with Crippen LogP contribution in [0.15, 0.2) is 15.9 Å². The van der Waals surface area contributed by atoms with E-state index in [4.69, 9.17) is 5.73 Å². The maximum Gasteiger partial charge on any atom is 0.0701 e. The van der Waals surface area contributed by atoms with Gasteiger partial charge in [0, 0.05) is 10.3 Å². The summed E-state index contributed by atoms with van der Waals surface area (Å²) in [5.41, 5.74) is 6.21. The van der Waals surface area contributed by atoms with Gasteiger partial charge in [0.2, 0.25) is 0 Å². The van der Waals surface area contributed by atoms with E-state index in [-0.39, 0.29) is 0 Å². The van der Waals surface area contributed by atoms with Crippen molar-refractivity contribution in [2.45, 2.75) is 31.6 Å². The first kappa shape index (κ1) is 10.7. The predicted octanol–water partition coefficient (Wildman–Crippen LogP) is 3.53. The van der Waals surface area contributed by atoms with Crippen LogP contribution >= 0.6 is 27.3 Å². The minimum Gasteiger partial charge on any atom is -0.330 e. The summed E-state index contributed by atoms with van der Waals surface area (Å²) in [6.07, 6.45) is 4.00. The summed E-state index contributed by atoms with van der Waals surface area (Å²) in [7, 11) is 0. The maximum absolute atomic E-state index is 5.80. The van der Waals surface area contributed by atoms with Gasteiger partial charge in [-0.15, -0.1) is 11.3 Å². The highest BCUT2D eigenvalue weighted by atomic mass is 79.9. The average molecular weight is 274 g/mol. The highest BCUT2D eigenvalue weighted by molar-refractivity contribution is 9.11. The first-order valence-electron chi connectivity index (χ1n) is 5.15. The van der Waals surface area contributed by atoms with Gasteiger partial charge in [0.1, 0.15) is 0 Å². The molecular weight excluding hydrogens is 258 g/mol. The van der Waals surface area contributed by atoms with Crippen LogP contribution < -0.4 is 5.73 Å². The van der Waals surface area contributed by atoms with E-state index >= 15 is 0 Å². The molecule has 1 aliphatic carbocycles. The van der Waals surface area contributed by atoms with Gasteiger partial charge in [0.15, 0.2) is 0 Å². The Labute approximate surface area is 97.8 Å². The molecule has 0 amide bonds. The van der Waals surface area contributed by atoms with E-state index in [9.17, 15) is 0 Å². The summed E-state index contributed by atoms with van der Waals surface area (Å²) in [6, 6.07) is 4.42. The van der Waals surface area contributed by atoms with Crippen LogP contribution in [0, 0.1) is 5.92 Å². The lowest BCUT2D eigenvalue weighted by Crippen LogP contribution is -2.43. The van der Waals surface area contributed by atoms with Crippen LogP contribution in [0.3, 0.4) is 0 Å². The predicted molar refractivity (Wildman–Crippen MR) is 65.8 cm³/mol. The van der Waals surface area contributed by atoms with Crippen LogP contribution in [0.4, 0.5) is 0 Å². The number of hydrogen-bond donors (Lipinski definition) is 1. The zero-order valence-corrected chi connectivity index (χ0v) is 10.8. The molecule has 1 aliphatic rings. The molecule has 14 heavy (non-hydrogen) atoms. The number of halogens is 1. The molecule has 1 saturated carbocycles. The molecule has 1 nitrogen and oxygen atoms in total. The number of rotatable bonds is 3. The van der Waals surface area contributed by atoms with E-state index in [1.807, 2.05) is 11.3 Å². The quantitative estimate of drug-likeness (QED) is 0.896. The van der Waals surface area contributed by atoms with Gasteiger partial charge < -0.3 is 5.73 Å². The minimum absolute atomic E-state index is 0.408. The van der Waals surface area contributed by atoms with Gasteiger partial charge in [0.05, 0.1) is 3.79 Å². The zero-order valence-electron chi connectivity index (χ0n) is 8.42. The Balaban J connectivity index is 2.28. The molecular formula is C11H16BrNS. The van der Waals surface area contributed by atoms with Gasteiger partial charge in [-0.05, 0) is 53.4 Å². The van der Waals surface area contributed by atoms with Crippen molar-refractivity contribution in [3.63, 3.8) is 0 Å². The molecule has 1 atom stereocenters. The van der Waals surface area contributed by atoms with Gasteiger partial charge in [-0.3, -0.25) is 0 Å². The van der Waals surface area contributed by atoms with Crippen LogP contribution in [0.25, 0.3) is 0 Å². The van der Waals surface area contributed by atoms with Crippen LogP contribution in [0.1, 0.15) is 31.1 Å². The Bertz CT molecular complexity index is 317. The van der Waals surface area contributed by atoms with Crippen molar-refractivity contribution in [3.05, 3.63) is 20.8 Å². The molecule has 78 valence electrons. The van der Waals surface area contributed by atoms with Gasteiger partial charge in [-0.25, -0.2) is 0 Å². The zero-order chi connectivity index (χ0) is 10.2. The lowest BCUT2D eigenvalue weighted by atomic mass is 9.61. The third-order valence-electron chi connectivity index (χ3n) is 3.61. The highest BCUT2D eigenvalue weighted by Gasteiger charge is 2.43. The maximum atomic E-state index is 5.80. The fourth-order valence-corrected chi connectivity index (χ4v) is 4.09. The fraction of sp³-hybridized carbons (Fsp3) is 0.636. The molecule has 1 heterocycles. The van der Waals surface area contributed by atoms with Gasteiger partial charge in [0.25, 0.3) is 0 Å². The topological polar surface area (TPSA) is 26.0 Å². The second kappa shape index (κ2) is 3.95. The average Bonchev–Trinajstić information content (AvgIpc) is 2.50. The molecule has 0 aromatic carbocycles. The van der Waals surface area contributed by atoms with Crippen LogP contribution in [0.2, 0.25) is 0 Å². The van der Waals surface area contributed by atoms with Crippen LogP contribution in [-0.2, 0) is 5.41 Å². The number of hydrogen-bond acceptors (Lipinski definition) is 2. The van der Waals surface area contributed by atoms with Crippen molar-refractivity contribution in [3.8, 4) is 0 Å². The summed E-state index contributed by atoms with van der Waals surface area (Å²) >= 11 is 5.41. The number of nitrogens with two attached hydrogens (primary N) is 1. The van der Waals surface area contributed by atoms with Crippen LogP contribution in [0.5, 0.6) is 0 Å². The lowest BCUT2D eigenvalue weighted by molar-refractivity contribution is 0.166. The molecule has 0 spiro atoms. The number of thiophene rings is 1. The summed E-state index contributed by atoms with van der Waals surface area (Å²) in [5, 5.41) is 0. The third kappa shape index (κ3) is 1.55. The largest absolute Gasteiger partial charge is 0.330 e. The molecule has 3 heteroatoms. The minimum atomic E-state index is 0.408. The Morgan fingerprint density at radius 2 is 2.29 bits per heavy atom. The molecule has 0 radical (unpaired) electrons. The van der Waals surface area contributed by atoms with Crippen molar-refractivity contribution in [2.75, 3.05) is 6.54 Å². The van der Waals surface area contributed by atoms with Gasteiger partial charge in [-0.2, -0.15) is 0 Å². The molecule has 0 aliphatic heterocycles. The van der Waals surface area contributed by atoms with E-state index in [1.165, 1.54) is 27.9 Å². The molecule has 0 saturated heterocycles. The van der Waals surface area contributed by atoms with Crippen molar-refractivity contribution in [1.82, 2.24) is 0 Å². The van der Waals surface area contributed by atoms with Crippen molar-refractivity contribution >= 4 is 27.3 Å². The molecule has 1 aromatic rings. The monoisotopic (exact) mass is 273 g/mol. The fourth-order valence-electron chi connectivity index (χ4n) is 2.35. The van der Waals surface area contributed by atoms with Crippen LogP contribution in [-0.4, -0.2) is 6.54 Å². The standard InChI is InChI=1S/C11H16BrNS/c1-8(7-13)11(5-2-6-11)9-3-4-10(12)14-9/h3-4,8H,2,5-7,13H2,1H3. The van der Waals surface area contributed by atoms with Crippen molar-refractivity contribution in [1.29, 1.82) is 0 Å². The molecule has 1 fully saturated rings. The SMILES string of the molecule is CC(CN)C1(c2ccc(Br)s2)CCC1. The molecule has 1 aromatic heterocycles. The molecule has 2 N–H and O–H groups in total. The first-order chi connectivity index (χ1) is 6.69. The van der Waals surface area contributed by atoms with Gasteiger partial charge in [-0.1, -0.05) is 13.3 Å². The summed E-state index contributed by atoms with van der Waals surface area (Å²) in [6.45, 7) is 3.09.